The van der Waals surface area contributed by atoms with Crippen LogP contribution in [0.15, 0.2) is 43.0 Å². The van der Waals surface area contributed by atoms with E-state index in [1.54, 1.807) is 12.5 Å². The third-order valence-corrected chi connectivity index (χ3v) is 3.31. The van der Waals surface area contributed by atoms with Gasteiger partial charge in [-0.15, -0.1) is 0 Å². The Bertz CT molecular complexity index is 477. The number of hydrogen-bond donors (Lipinski definition) is 2. The summed E-state index contributed by atoms with van der Waals surface area (Å²) in [7, 11) is 0. The van der Waals surface area contributed by atoms with Crippen LogP contribution in [0.2, 0.25) is 0 Å². The summed E-state index contributed by atoms with van der Waals surface area (Å²) in [5.41, 5.74) is 2.31. The van der Waals surface area contributed by atoms with Crippen LogP contribution in [-0.2, 0) is 6.54 Å². The van der Waals surface area contributed by atoms with Crippen LogP contribution in [0.25, 0.3) is 5.69 Å². The van der Waals surface area contributed by atoms with Crippen LogP contribution in [0.4, 0.5) is 0 Å². The number of imidazole rings is 1. The summed E-state index contributed by atoms with van der Waals surface area (Å²) in [5, 5.41) is 12.6. The molecule has 0 aliphatic carbocycles. The molecule has 0 amide bonds. The standard InChI is InChI=1S/C15H21N3O/c1-12(2)15(10-19)17-9-13-3-5-14(6-4-13)18-8-7-16-11-18/h3-8,11-12,15,17,19H,9-10H2,1-2H3/t15-/m1/s1. The Kier molecular flexibility index (Phi) is 4.71. The zero-order valence-corrected chi connectivity index (χ0v) is 11.5. The molecule has 4 heteroatoms. The molecule has 4 nitrogen and oxygen atoms in total. The van der Waals surface area contributed by atoms with Gasteiger partial charge in [0.2, 0.25) is 0 Å². The molecule has 1 heterocycles. The number of nitrogens with one attached hydrogen (secondary N) is 1. The van der Waals surface area contributed by atoms with Crippen LogP contribution in [0, 0.1) is 5.92 Å². The van der Waals surface area contributed by atoms with E-state index in [1.807, 2.05) is 10.8 Å². The highest BCUT2D eigenvalue weighted by Crippen LogP contribution is 2.10. The SMILES string of the molecule is CC(C)[C@@H](CO)NCc1ccc(-n2ccnc2)cc1. The highest BCUT2D eigenvalue weighted by Gasteiger charge is 2.10. The van der Waals surface area contributed by atoms with Gasteiger partial charge in [0.15, 0.2) is 0 Å². The van der Waals surface area contributed by atoms with E-state index in [0.717, 1.165) is 12.2 Å². The molecule has 0 aliphatic rings. The summed E-state index contributed by atoms with van der Waals surface area (Å²) < 4.78 is 1.97. The maximum atomic E-state index is 9.27. The van der Waals surface area contributed by atoms with Gasteiger partial charge in [0.1, 0.15) is 0 Å². The molecule has 2 aromatic rings. The van der Waals surface area contributed by atoms with Crippen LogP contribution < -0.4 is 5.32 Å². The fourth-order valence-electron chi connectivity index (χ4n) is 1.96. The highest BCUT2D eigenvalue weighted by molar-refractivity contribution is 5.34. The van der Waals surface area contributed by atoms with Crippen molar-refractivity contribution in [3.05, 3.63) is 48.5 Å². The third-order valence-electron chi connectivity index (χ3n) is 3.31. The Hall–Kier alpha value is -1.65. The molecule has 2 N–H and O–H groups in total. The number of rotatable bonds is 6. The summed E-state index contributed by atoms with van der Waals surface area (Å²) in [4.78, 5) is 4.03. The van der Waals surface area contributed by atoms with Gasteiger partial charge in [0, 0.05) is 30.7 Å². The monoisotopic (exact) mass is 259 g/mol. The fourth-order valence-corrected chi connectivity index (χ4v) is 1.96. The fraction of sp³-hybridized carbons (Fsp3) is 0.400. The zero-order valence-electron chi connectivity index (χ0n) is 11.5. The second kappa shape index (κ2) is 6.50. The first-order valence-electron chi connectivity index (χ1n) is 6.62. The Labute approximate surface area is 114 Å². The molecule has 0 spiro atoms. The van der Waals surface area contributed by atoms with Gasteiger partial charge >= 0.3 is 0 Å². The average molecular weight is 259 g/mol. The summed E-state index contributed by atoms with van der Waals surface area (Å²) in [6.45, 7) is 5.16. The Morgan fingerprint density at radius 3 is 2.53 bits per heavy atom. The molecule has 1 atom stereocenters. The number of aromatic nitrogens is 2. The molecule has 0 fully saturated rings. The Morgan fingerprint density at radius 1 is 1.26 bits per heavy atom. The molecule has 1 aromatic carbocycles. The lowest BCUT2D eigenvalue weighted by Crippen LogP contribution is -2.36. The van der Waals surface area contributed by atoms with Crippen molar-refractivity contribution in [3.8, 4) is 5.69 Å². The summed E-state index contributed by atoms with van der Waals surface area (Å²) in [6.07, 6.45) is 5.48. The van der Waals surface area contributed by atoms with Crippen molar-refractivity contribution >= 4 is 0 Å². The minimum Gasteiger partial charge on any atom is -0.395 e. The molecule has 0 unspecified atom stereocenters. The smallest absolute Gasteiger partial charge is 0.0991 e. The minimum atomic E-state index is 0.147. The first-order chi connectivity index (χ1) is 9.20. The average Bonchev–Trinajstić information content (AvgIpc) is 2.94. The molecule has 0 bridgehead atoms. The molecule has 2 rings (SSSR count). The highest BCUT2D eigenvalue weighted by atomic mass is 16.3. The van der Waals surface area contributed by atoms with Crippen molar-refractivity contribution < 1.29 is 5.11 Å². The molecule has 19 heavy (non-hydrogen) atoms. The molecule has 0 radical (unpaired) electrons. The van der Waals surface area contributed by atoms with Crippen molar-refractivity contribution in [3.63, 3.8) is 0 Å². The summed E-state index contributed by atoms with van der Waals surface area (Å²) >= 11 is 0. The molecule has 0 saturated heterocycles. The molecular weight excluding hydrogens is 238 g/mol. The maximum absolute atomic E-state index is 9.27. The summed E-state index contributed by atoms with van der Waals surface area (Å²) in [5.74, 6) is 0.426. The number of hydrogen-bond acceptors (Lipinski definition) is 3. The van der Waals surface area contributed by atoms with Crippen molar-refractivity contribution in [1.82, 2.24) is 14.9 Å². The van der Waals surface area contributed by atoms with Gasteiger partial charge < -0.3 is 15.0 Å². The molecule has 0 aliphatic heterocycles. The van der Waals surface area contributed by atoms with E-state index in [9.17, 15) is 5.11 Å². The number of aliphatic hydroxyl groups is 1. The quantitative estimate of drug-likeness (QED) is 0.834. The van der Waals surface area contributed by atoms with E-state index >= 15 is 0 Å². The molecular formula is C15H21N3O. The van der Waals surface area contributed by atoms with E-state index in [1.165, 1.54) is 5.56 Å². The van der Waals surface area contributed by atoms with Gasteiger partial charge in [-0.3, -0.25) is 0 Å². The summed E-state index contributed by atoms with van der Waals surface area (Å²) in [6, 6.07) is 8.48. The van der Waals surface area contributed by atoms with E-state index in [-0.39, 0.29) is 12.6 Å². The van der Waals surface area contributed by atoms with Gasteiger partial charge in [0.05, 0.1) is 12.9 Å². The van der Waals surface area contributed by atoms with Crippen molar-refractivity contribution in [2.24, 2.45) is 5.92 Å². The van der Waals surface area contributed by atoms with Crippen LogP contribution >= 0.6 is 0 Å². The normalized spacial score (nSPS) is 12.8. The minimum absolute atomic E-state index is 0.147. The Balaban J connectivity index is 1.96. The van der Waals surface area contributed by atoms with E-state index < -0.39 is 0 Å². The predicted octanol–water partition coefficient (Wildman–Crippen LogP) is 1.98. The maximum Gasteiger partial charge on any atom is 0.0991 e. The second-order valence-corrected chi connectivity index (χ2v) is 5.05. The zero-order chi connectivity index (χ0) is 13.7. The van der Waals surface area contributed by atoms with Gasteiger partial charge in [-0.05, 0) is 23.6 Å². The Morgan fingerprint density at radius 2 is 2.00 bits per heavy atom. The van der Waals surface area contributed by atoms with Crippen LogP contribution in [0.5, 0.6) is 0 Å². The largest absolute Gasteiger partial charge is 0.395 e. The topological polar surface area (TPSA) is 50.1 Å². The predicted molar refractivity (Wildman–Crippen MR) is 76.1 cm³/mol. The van der Waals surface area contributed by atoms with Gasteiger partial charge in [-0.25, -0.2) is 4.98 Å². The first-order valence-corrected chi connectivity index (χ1v) is 6.62. The lowest BCUT2D eigenvalue weighted by Gasteiger charge is -2.20. The van der Waals surface area contributed by atoms with E-state index in [0.29, 0.717) is 5.92 Å². The van der Waals surface area contributed by atoms with Crippen molar-refractivity contribution in [1.29, 1.82) is 0 Å². The lowest BCUT2D eigenvalue weighted by molar-refractivity contribution is 0.210. The molecule has 1 aromatic heterocycles. The number of nitrogens with zero attached hydrogens (tertiary/aromatic N) is 2. The first kappa shape index (κ1) is 13.8. The molecule has 102 valence electrons. The van der Waals surface area contributed by atoms with E-state index in [4.69, 9.17) is 0 Å². The van der Waals surface area contributed by atoms with Crippen molar-refractivity contribution in [2.45, 2.75) is 26.4 Å². The number of benzene rings is 1. The number of aliphatic hydroxyl groups excluding tert-OH is 1. The lowest BCUT2D eigenvalue weighted by atomic mass is 10.1. The van der Waals surface area contributed by atoms with Gasteiger partial charge in [0.25, 0.3) is 0 Å². The van der Waals surface area contributed by atoms with Gasteiger partial charge in [-0.1, -0.05) is 26.0 Å². The van der Waals surface area contributed by atoms with Gasteiger partial charge in [-0.2, -0.15) is 0 Å². The van der Waals surface area contributed by atoms with Crippen LogP contribution in [0.3, 0.4) is 0 Å². The third kappa shape index (κ3) is 3.66. The molecule has 0 saturated carbocycles. The van der Waals surface area contributed by atoms with Crippen molar-refractivity contribution in [2.75, 3.05) is 6.61 Å². The van der Waals surface area contributed by atoms with Crippen LogP contribution in [0.1, 0.15) is 19.4 Å². The van der Waals surface area contributed by atoms with E-state index in [2.05, 4.69) is 48.4 Å². The second-order valence-electron chi connectivity index (χ2n) is 5.05. The van der Waals surface area contributed by atoms with Crippen LogP contribution in [-0.4, -0.2) is 27.3 Å².